The summed E-state index contributed by atoms with van der Waals surface area (Å²) in [5.74, 6) is -0.779. The summed E-state index contributed by atoms with van der Waals surface area (Å²) in [6.45, 7) is 2.68. The van der Waals surface area contributed by atoms with Crippen LogP contribution in [-0.2, 0) is 6.61 Å². The van der Waals surface area contributed by atoms with Gasteiger partial charge in [0.15, 0.2) is 0 Å². The summed E-state index contributed by atoms with van der Waals surface area (Å²) in [6, 6.07) is 7.69. The Morgan fingerprint density at radius 1 is 1.39 bits per heavy atom. The molecule has 2 aromatic heterocycles. The van der Waals surface area contributed by atoms with Crippen LogP contribution >= 0.6 is 22.9 Å². The van der Waals surface area contributed by atoms with Crippen LogP contribution in [0.25, 0.3) is 11.3 Å². The van der Waals surface area contributed by atoms with E-state index in [-0.39, 0.29) is 29.6 Å². The number of nitrogens with one attached hydrogen (secondary N) is 3. The van der Waals surface area contributed by atoms with Gasteiger partial charge in [-0.15, -0.1) is 11.3 Å². The number of carbonyl (C=O) groups excluding carboxylic acids is 1. The van der Waals surface area contributed by atoms with Gasteiger partial charge < -0.3 is 20.7 Å². The summed E-state index contributed by atoms with van der Waals surface area (Å²) in [7, 11) is 0. The highest BCUT2D eigenvalue weighted by Gasteiger charge is 2.30. The standard InChI is InChI=1S/C22H24ClFN4O2S/c1-12-19(11-29)31-22(26-12)20(17-4-2-3-9-25-17)28-21(30)18-8-7-16(27-18)13-5-6-14(23)15(24)10-13/h5-8,10,17,20,25,27,29H,2-4,9,11H2,1H3,(H,28,30). The first kappa shape index (κ1) is 22.0. The van der Waals surface area contributed by atoms with Gasteiger partial charge in [-0.1, -0.05) is 24.1 Å². The number of aromatic nitrogens is 2. The fraction of sp³-hybridized carbons (Fsp3) is 0.364. The van der Waals surface area contributed by atoms with E-state index < -0.39 is 5.82 Å². The number of aliphatic hydroxyl groups excluding tert-OH is 1. The maximum absolute atomic E-state index is 13.8. The molecule has 4 rings (SSSR count). The molecular weight excluding hydrogens is 439 g/mol. The number of benzene rings is 1. The van der Waals surface area contributed by atoms with Gasteiger partial charge in [-0.2, -0.15) is 0 Å². The lowest BCUT2D eigenvalue weighted by molar-refractivity contribution is 0.0918. The Morgan fingerprint density at radius 3 is 2.90 bits per heavy atom. The number of thiazole rings is 1. The molecule has 0 radical (unpaired) electrons. The molecule has 0 spiro atoms. The highest BCUT2D eigenvalue weighted by Crippen LogP contribution is 2.30. The number of aliphatic hydroxyl groups is 1. The number of hydrogen-bond acceptors (Lipinski definition) is 5. The van der Waals surface area contributed by atoms with Gasteiger partial charge in [0, 0.05) is 17.3 Å². The van der Waals surface area contributed by atoms with Crippen molar-refractivity contribution in [2.75, 3.05) is 6.54 Å². The lowest BCUT2D eigenvalue weighted by Gasteiger charge is -2.30. The second-order valence-corrected chi connectivity index (χ2v) is 9.16. The van der Waals surface area contributed by atoms with Crippen LogP contribution in [-0.4, -0.2) is 33.6 Å². The summed E-state index contributed by atoms with van der Waals surface area (Å²) in [5, 5.41) is 17.0. The minimum absolute atomic E-state index is 0.0529. The zero-order valence-electron chi connectivity index (χ0n) is 17.0. The molecular formula is C22H24ClFN4O2S. The monoisotopic (exact) mass is 462 g/mol. The Balaban J connectivity index is 1.57. The van der Waals surface area contributed by atoms with E-state index in [4.69, 9.17) is 11.6 Å². The molecule has 1 saturated heterocycles. The van der Waals surface area contributed by atoms with Crippen molar-refractivity contribution >= 4 is 28.8 Å². The van der Waals surface area contributed by atoms with Gasteiger partial charge >= 0.3 is 0 Å². The van der Waals surface area contributed by atoms with E-state index in [9.17, 15) is 14.3 Å². The fourth-order valence-corrected chi connectivity index (χ4v) is 4.97. The minimum atomic E-state index is -0.512. The molecule has 4 N–H and O–H groups in total. The second kappa shape index (κ2) is 9.48. The maximum Gasteiger partial charge on any atom is 0.268 e. The van der Waals surface area contributed by atoms with Crippen molar-refractivity contribution < 1.29 is 14.3 Å². The third kappa shape index (κ3) is 4.82. The second-order valence-electron chi connectivity index (χ2n) is 7.64. The molecule has 1 aliphatic heterocycles. The summed E-state index contributed by atoms with van der Waals surface area (Å²) < 4.78 is 13.8. The van der Waals surface area contributed by atoms with E-state index in [1.807, 2.05) is 6.92 Å². The molecule has 0 bridgehead atoms. The summed E-state index contributed by atoms with van der Waals surface area (Å²) >= 11 is 7.18. The van der Waals surface area contributed by atoms with E-state index in [1.54, 1.807) is 18.2 Å². The third-order valence-electron chi connectivity index (χ3n) is 5.52. The molecule has 0 saturated carbocycles. The lowest BCUT2D eigenvalue weighted by Crippen LogP contribution is -2.46. The molecule has 3 aromatic rings. The molecule has 0 aliphatic carbocycles. The number of hydrogen-bond donors (Lipinski definition) is 4. The van der Waals surface area contributed by atoms with Crippen molar-refractivity contribution in [2.24, 2.45) is 0 Å². The lowest BCUT2D eigenvalue weighted by atomic mass is 9.98. The number of aromatic amines is 1. The largest absolute Gasteiger partial charge is 0.391 e. The SMILES string of the molecule is Cc1nc(C(NC(=O)c2ccc(-c3ccc(Cl)c(F)c3)[nH]2)C2CCCCN2)sc1CO. The Labute approximate surface area is 188 Å². The van der Waals surface area contributed by atoms with Gasteiger partial charge in [0.1, 0.15) is 16.5 Å². The van der Waals surface area contributed by atoms with E-state index in [0.717, 1.165) is 41.4 Å². The van der Waals surface area contributed by atoms with Crippen LogP contribution in [0.1, 0.15) is 51.4 Å². The number of nitrogens with zero attached hydrogens (tertiary/aromatic N) is 1. The first-order chi connectivity index (χ1) is 15.0. The van der Waals surface area contributed by atoms with Crippen LogP contribution in [0.15, 0.2) is 30.3 Å². The minimum Gasteiger partial charge on any atom is -0.391 e. The van der Waals surface area contributed by atoms with Gasteiger partial charge in [-0.05, 0) is 50.6 Å². The van der Waals surface area contributed by atoms with Crippen LogP contribution in [0.2, 0.25) is 5.02 Å². The van der Waals surface area contributed by atoms with E-state index in [0.29, 0.717) is 17.0 Å². The molecule has 9 heteroatoms. The molecule has 1 aromatic carbocycles. The fourth-order valence-electron chi connectivity index (χ4n) is 3.81. The molecule has 31 heavy (non-hydrogen) atoms. The van der Waals surface area contributed by atoms with Crippen LogP contribution in [0.3, 0.4) is 0 Å². The van der Waals surface area contributed by atoms with Crippen LogP contribution < -0.4 is 10.6 Å². The van der Waals surface area contributed by atoms with Crippen molar-refractivity contribution in [1.29, 1.82) is 0 Å². The quantitative estimate of drug-likeness (QED) is 0.438. The Bertz CT molecular complexity index is 1080. The molecule has 1 amide bonds. The first-order valence-electron chi connectivity index (χ1n) is 10.2. The predicted octanol–water partition coefficient (Wildman–Crippen LogP) is 4.34. The van der Waals surface area contributed by atoms with Crippen LogP contribution in [0.5, 0.6) is 0 Å². The maximum atomic E-state index is 13.8. The number of carbonyl (C=O) groups is 1. The summed E-state index contributed by atoms with van der Waals surface area (Å²) in [4.78, 5) is 21.5. The Kier molecular flexibility index (Phi) is 6.71. The average molecular weight is 463 g/mol. The topological polar surface area (TPSA) is 90.0 Å². The Hall–Kier alpha value is -2.26. The molecule has 2 unspecified atom stereocenters. The van der Waals surface area contributed by atoms with E-state index in [1.165, 1.54) is 23.5 Å². The number of H-pyrrole nitrogens is 1. The van der Waals surface area contributed by atoms with E-state index >= 15 is 0 Å². The van der Waals surface area contributed by atoms with Gasteiger partial charge in [0.05, 0.1) is 28.2 Å². The molecule has 1 aliphatic rings. The van der Waals surface area contributed by atoms with Crippen molar-refractivity contribution in [2.45, 2.75) is 44.9 Å². The number of halogens is 2. The highest BCUT2D eigenvalue weighted by molar-refractivity contribution is 7.11. The van der Waals surface area contributed by atoms with Crippen LogP contribution in [0, 0.1) is 12.7 Å². The first-order valence-corrected chi connectivity index (χ1v) is 11.4. The average Bonchev–Trinajstić information content (AvgIpc) is 3.41. The van der Waals surface area contributed by atoms with Crippen molar-refractivity contribution in [3.63, 3.8) is 0 Å². The molecule has 3 heterocycles. The van der Waals surface area contributed by atoms with Crippen LogP contribution in [0.4, 0.5) is 4.39 Å². The van der Waals surface area contributed by atoms with Crippen molar-refractivity contribution in [3.8, 4) is 11.3 Å². The Morgan fingerprint density at radius 2 is 2.23 bits per heavy atom. The van der Waals surface area contributed by atoms with E-state index in [2.05, 4.69) is 20.6 Å². The van der Waals surface area contributed by atoms with Crippen molar-refractivity contribution in [1.82, 2.24) is 20.6 Å². The smallest absolute Gasteiger partial charge is 0.268 e. The number of rotatable bonds is 6. The summed E-state index contributed by atoms with van der Waals surface area (Å²) in [5.41, 5.74) is 2.39. The number of piperidine rings is 1. The predicted molar refractivity (Wildman–Crippen MR) is 120 cm³/mol. The van der Waals surface area contributed by atoms with Gasteiger partial charge in [0.2, 0.25) is 0 Å². The normalized spacial score (nSPS) is 17.5. The van der Waals surface area contributed by atoms with Crippen molar-refractivity contribution in [3.05, 3.63) is 62.4 Å². The van der Waals surface area contributed by atoms with Gasteiger partial charge in [-0.3, -0.25) is 4.79 Å². The summed E-state index contributed by atoms with van der Waals surface area (Å²) in [6.07, 6.45) is 3.11. The molecule has 1 fully saturated rings. The number of aryl methyl sites for hydroxylation is 1. The number of amides is 1. The van der Waals surface area contributed by atoms with Gasteiger partial charge in [0.25, 0.3) is 5.91 Å². The third-order valence-corrected chi connectivity index (χ3v) is 7.05. The molecule has 2 atom stereocenters. The highest BCUT2D eigenvalue weighted by atomic mass is 35.5. The van der Waals surface area contributed by atoms with Gasteiger partial charge in [-0.25, -0.2) is 9.37 Å². The molecule has 6 nitrogen and oxygen atoms in total. The zero-order chi connectivity index (χ0) is 22.0. The molecule has 164 valence electrons. The zero-order valence-corrected chi connectivity index (χ0v) is 18.6.